The molecule has 9 nitrogen and oxygen atoms in total. The Balaban J connectivity index is 1.34. The zero-order valence-corrected chi connectivity index (χ0v) is 19.1. The van der Waals surface area contributed by atoms with Crippen molar-refractivity contribution >= 4 is 46.3 Å². The van der Waals surface area contributed by atoms with E-state index >= 15 is 0 Å². The van der Waals surface area contributed by atoms with E-state index in [9.17, 15) is 14.4 Å². The molecule has 1 aromatic carbocycles. The van der Waals surface area contributed by atoms with Crippen LogP contribution in [-0.4, -0.2) is 50.9 Å². The zero-order chi connectivity index (χ0) is 23.2. The molecule has 0 saturated carbocycles. The van der Waals surface area contributed by atoms with Crippen LogP contribution in [0, 0.1) is 5.92 Å². The molecule has 0 bridgehead atoms. The molecule has 1 fully saturated rings. The number of nitrogens with zero attached hydrogens (tertiary/aromatic N) is 4. The fourth-order valence-corrected chi connectivity index (χ4v) is 4.38. The van der Waals surface area contributed by atoms with Crippen LogP contribution in [0.3, 0.4) is 0 Å². The minimum absolute atomic E-state index is 0.0694. The van der Waals surface area contributed by atoms with Crippen LogP contribution in [-0.2, 0) is 11.3 Å². The Morgan fingerprint density at radius 1 is 1.12 bits per heavy atom. The number of hydrogen-bond donors (Lipinski definition) is 2. The predicted octanol–water partition coefficient (Wildman–Crippen LogP) is 3.01. The topological polar surface area (TPSA) is 117 Å². The summed E-state index contributed by atoms with van der Waals surface area (Å²) in [4.78, 5) is 43.8. The van der Waals surface area contributed by atoms with Crippen molar-refractivity contribution in [1.82, 2.24) is 25.4 Å². The highest BCUT2D eigenvalue weighted by atomic mass is 35.5. The van der Waals surface area contributed by atoms with Crippen LogP contribution in [0.2, 0.25) is 5.02 Å². The number of anilines is 1. The largest absolute Gasteiger partial charge is 0.350 e. The molecule has 1 saturated heterocycles. The third-order valence-corrected chi connectivity index (χ3v) is 6.28. The Morgan fingerprint density at radius 3 is 2.76 bits per heavy atom. The summed E-state index contributed by atoms with van der Waals surface area (Å²) >= 11 is 6.85. The van der Waals surface area contributed by atoms with Crippen molar-refractivity contribution in [3.63, 3.8) is 0 Å². The normalized spacial score (nSPS) is 15.7. The highest BCUT2D eigenvalue weighted by Crippen LogP contribution is 2.22. The summed E-state index contributed by atoms with van der Waals surface area (Å²) in [6.07, 6.45) is 3.07. The lowest BCUT2D eigenvalue weighted by Crippen LogP contribution is -2.45. The first-order valence-corrected chi connectivity index (χ1v) is 11.6. The number of aromatic nitrogens is 3. The number of halogens is 1. The van der Waals surface area contributed by atoms with E-state index in [2.05, 4.69) is 25.8 Å². The summed E-state index contributed by atoms with van der Waals surface area (Å²) in [6.45, 7) is 1.15. The van der Waals surface area contributed by atoms with Crippen LogP contribution >= 0.6 is 22.9 Å². The third-order valence-electron chi connectivity index (χ3n) is 5.13. The quantitative estimate of drug-likeness (QED) is 0.555. The van der Waals surface area contributed by atoms with Crippen molar-refractivity contribution in [2.24, 2.45) is 5.92 Å². The Hall–Kier alpha value is -3.37. The Kier molecular flexibility index (Phi) is 7.26. The lowest BCUT2D eigenvalue weighted by atomic mass is 9.97. The van der Waals surface area contributed by atoms with Gasteiger partial charge in [0.1, 0.15) is 0 Å². The molecule has 3 aromatic rings. The van der Waals surface area contributed by atoms with Gasteiger partial charge in [0.05, 0.1) is 18.2 Å². The Morgan fingerprint density at radius 2 is 1.97 bits per heavy atom. The second-order valence-electron chi connectivity index (χ2n) is 7.51. The summed E-state index contributed by atoms with van der Waals surface area (Å²) in [7, 11) is 0. The molecule has 0 unspecified atom stereocenters. The fraction of sp³-hybridized carbons (Fsp3) is 0.273. The van der Waals surface area contributed by atoms with Crippen LogP contribution in [0.1, 0.15) is 38.1 Å². The van der Waals surface area contributed by atoms with Gasteiger partial charge in [0, 0.05) is 30.0 Å². The van der Waals surface area contributed by atoms with Gasteiger partial charge in [-0.1, -0.05) is 35.1 Å². The number of amides is 3. The average molecular weight is 485 g/mol. The van der Waals surface area contributed by atoms with Crippen LogP contribution in [0.5, 0.6) is 0 Å². The van der Waals surface area contributed by atoms with E-state index in [1.807, 2.05) is 18.2 Å². The van der Waals surface area contributed by atoms with Gasteiger partial charge in [0.25, 0.3) is 11.8 Å². The highest BCUT2D eigenvalue weighted by molar-refractivity contribution is 7.15. The van der Waals surface area contributed by atoms with Gasteiger partial charge in [-0.2, -0.15) is 0 Å². The Bertz CT molecular complexity index is 1160. The number of carbonyl (C=O) groups is 3. The number of hydrogen-bond acceptors (Lipinski definition) is 7. The monoisotopic (exact) mass is 484 g/mol. The highest BCUT2D eigenvalue weighted by Gasteiger charge is 2.30. The molecule has 1 atom stereocenters. The molecule has 0 spiro atoms. The number of likely N-dealkylation sites (tertiary alicyclic amines) is 1. The molecule has 3 amide bonds. The van der Waals surface area contributed by atoms with Crippen LogP contribution < -0.4 is 10.6 Å². The van der Waals surface area contributed by atoms with Gasteiger partial charge in [-0.3, -0.25) is 19.4 Å². The van der Waals surface area contributed by atoms with E-state index in [-0.39, 0.29) is 34.3 Å². The molecule has 11 heteroatoms. The van der Waals surface area contributed by atoms with Crippen LogP contribution in [0.4, 0.5) is 5.69 Å². The van der Waals surface area contributed by atoms with Gasteiger partial charge in [0.2, 0.25) is 15.9 Å². The number of pyridine rings is 1. The second-order valence-corrected chi connectivity index (χ2v) is 8.92. The van der Waals surface area contributed by atoms with Crippen molar-refractivity contribution in [2.45, 2.75) is 19.4 Å². The van der Waals surface area contributed by atoms with E-state index < -0.39 is 5.91 Å². The molecule has 3 heterocycles. The summed E-state index contributed by atoms with van der Waals surface area (Å²) in [5.41, 5.74) is 1.29. The molecule has 0 radical (unpaired) electrons. The van der Waals surface area contributed by atoms with Gasteiger partial charge in [-0.25, -0.2) is 0 Å². The van der Waals surface area contributed by atoms with Crippen LogP contribution in [0.25, 0.3) is 0 Å². The average Bonchev–Trinajstić information content (AvgIpc) is 3.33. The third kappa shape index (κ3) is 5.91. The summed E-state index contributed by atoms with van der Waals surface area (Å²) < 4.78 is 0. The van der Waals surface area contributed by atoms with E-state index in [4.69, 9.17) is 11.6 Å². The van der Waals surface area contributed by atoms with Crippen molar-refractivity contribution in [1.29, 1.82) is 0 Å². The van der Waals surface area contributed by atoms with Crippen molar-refractivity contribution in [2.75, 3.05) is 18.4 Å². The molecule has 1 aliphatic heterocycles. The van der Waals surface area contributed by atoms with E-state index in [1.54, 1.807) is 35.4 Å². The first-order chi connectivity index (χ1) is 16.0. The molecule has 4 rings (SSSR count). The maximum atomic E-state index is 12.9. The predicted molar refractivity (Wildman–Crippen MR) is 124 cm³/mol. The first kappa shape index (κ1) is 22.8. The minimum atomic E-state index is -0.473. The Labute approximate surface area is 199 Å². The maximum Gasteiger partial charge on any atom is 0.286 e. The number of nitrogens with one attached hydrogen (secondary N) is 2. The lowest BCUT2D eigenvalue weighted by Gasteiger charge is -2.31. The first-order valence-electron chi connectivity index (χ1n) is 10.4. The lowest BCUT2D eigenvalue weighted by molar-refractivity contribution is -0.126. The van der Waals surface area contributed by atoms with Gasteiger partial charge in [0.15, 0.2) is 0 Å². The van der Waals surface area contributed by atoms with E-state index in [0.29, 0.717) is 36.6 Å². The second kappa shape index (κ2) is 10.5. The van der Waals surface area contributed by atoms with Gasteiger partial charge < -0.3 is 15.5 Å². The van der Waals surface area contributed by atoms with Crippen molar-refractivity contribution in [3.8, 4) is 0 Å². The van der Waals surface area contributed by atoms with Crippen molar-refractivity contribution < 1.29 is 14.4 Å². The molecular weight excluding hydrogens is 464 g/mol. The summed E-state index contributed by atoms with van der Waals surface area (Å²) in [5.74, 6) is -1.24. The molecule has 170 valence electrons. The fourth-order valence-electron chi connectivity index (χ4n) is 3.49. The summed E-state index contributed by atoms with van der Waals surface area (Å²) in [6, 6.07) is 12.2. The van der Waals surface area contributed by atoms with Crippen LogP contribution in [0.15, 0.2) is 48.7 Å². The maximum absolute atomic E-state index is 12.9. The zero-order valence-electron chi connectivity index (χ0n) is 17.5. The molecule has 2 N–H and O–H groups in total. The SMILES string of the molecule is O=C(Nc1cccc(Cl)c1)c1nnc(C(=O)N2CCC[C@H](C(=O)NCc3ccccn3)C2)s1. The minimum Gasteiger partial charge on any atom is -0.350 e. The molecule has 1 aliphatic rings. The van der Waals surface area contributed by atoms with Gasteiger partial charge in [-0.05, 0) is 43.2 Å². The van der Waals surface area contributed by atoms with Crippen molar-refractivity contribution in [3.05, 3.63) is 69.4 Å². The smallest absolute Gasteiger partial charge is 0.286 e. The number of carbonyl (C=O) groups excluding carboxylic acids is 3. The van der Waals surface area contributed by atoms with Gasteiger partial charge in [-0.15, -0.1) is 10.2 Å². The summed E-state index contributed by atoms with van der Waals surface area (Å²) in [5, 5.41) is 14.0. The standard InChI is InChI=1S/C22H21ClN6O3S/c23-15-6-3-8-16(11-15)26-19(31)20-27-28-21(33-20)22(32)29-10-4-5-14(13-29)18(30)25-12-17-7-1-2-9-24-17/h1-3,6-9,11,14H,4-5,10,12-13H2,(H,25,30)(H,26,31)/t14-/m0/s1. The molecule has 0 aliphatic carbocycles. The number of benzene rings is 1. The molecule has 2 aromatic heterocycles. The van der Waals surface area contributed by atoms with E-state index in [0.717, 1.165) is 17.0 Å². The number of rotatable bonds is 6. The van der Waals surface area contributed by atoms with Gasteiger partial charge >= 0.3 is 0 Å². The number of piperidine rings is 1. The molecule has 33 heavy (non-hydrogen) atoms. The van der Waals surface area contributed by atoms with E-state index in [1.165, 1.54) is 0 Å². The molecular formula is C22H21ClN6O3S.